The summed E-state index contributed by atoms with van der Waals surface area (Å²) < 4.78 is 1.27. The summed E-state index contributed by atoms with van der Waals surface area (Å²) in [7, 11) is 0. The molecule has 1 atom stereocenters. The molecule has 1 saturated heterocycles. The Balaban J connectivity index is 1.72. The summed E-state index contributed by atoms with van der Waals surface area (Å²) in [5.41, 5.74) is 0.816. The van der Waals surface area contributed by atoms with Crippen molar-refractivity contribution in [3.05, 3.63) is 51.9 Å². The number of carbonyl (C=O) groups is 2. The normalized spacial score (nSPS) is 15.2. The van der Waals surface area contributed by atoms with Gasteiger partial charge < -0.3 is 15.1 Å². The molecule has 1 aromatic heterocycles. The number of hydrogen-bond donors (Lipinski definition) is 1. The first-order chi connectivity index (χ1) is 14.3. The number of aromatic nitrogens is 2. The summed E-state index contributed by atoms with van der Waals surface area (Å²) in [6.45, 7) is 7.20. The van der Waals surface area contributed by atoms with Gasteiger partial charge in [0.1, 0.15) is 11.1 Å². The van der Waals surface area contributed by atoms with Crippen LogP contribution in [0.3, 0.4) is 0 Å². The molecule has 1 unspecified atom stereocenters. The molecule has 30 heavy (non-hydrogen) atoms. The van der Waals surface area contributed by atoms with Gasteiger partial charge in [0.05, 0.1) is 17.6 Å². The van der Waals surface area contributed by atoms with Crippen LogP contribution in [0.4, 0.5) is 5.69 Å². The molecule has 1 aliphatic rings. The van der Waals surface area contributed by atoms with Gasteiger partial charge in [-0.3, -0.25) is 14.4 Å². The molecule has 1 fully saturated rings. The van der Waals surface area contributed by atoms with E-state index in [2.05, 4.69) is 10.4 Å². The van der Waals surface area contributed by atoms with Crippen molar-refractivity contribution in [1.82, 2.24) is 20.0 Å². The zero-order chi connectivity index (χ0) is 21.8. The maximum Gasteiger partial charge on any atom is 0.292 e. The highest BCUT2D eigenvalue weighted by molar-refractivity contribution is 6.33. The highest BCUT2D eigenvalue weighted by Gasteiger charge is 2.30. The average Bonchev–Trinajstić information content (AvgIpc) is 2.74. The Bertz CT molecular complexity index is 968. The Labute approximate surface area is 180 Å². The van der Waals surface area contributed by atoms with E-state index in [1.54, 1.807) is 23.2 Å². The Morgan fingerprint density at radius 1 is 1.10 bits per heavy atom. The largest absolute Gasteiger partial charge is 0.365 e. The van der Waals surface area contributed by atoms with Crippen LogP contribution in [0.1, 0.15) is 20.8 Å². The maximum absolute atomic E-state index is 12.8. The molecule has 3 rings (SSSR count). The third-order valence-electron chi connectivity index (χ3n) is 5.12. The SMILES string of the molecule is CC(=O)NC(C(=O)N1CCN(c2cnn(-c3ccccc3)c(=O)c2Cl)CC1)C(C)C. The van der Waals surface area contributed by atoms with Gasteiger partial charge in [-0.05, 0) is 18.1 Å². The summed E-state index contributed by atoms with van der Waals surface area (Å²) in [6.07, 6.45) is 1.59. The van der Waals surface area contributed by atoms with E-state index in [4.69, 9.17) is 11.6 Å². The number of para-hydroxylation sites is 1. The smallest absolute Gasteiger partial charge is 0.292 e. The fraction of sp³-hybridized carbons (Fsp3) is 0.429. The molecule has 9 heteroatoms. The number of nitrogens with zero attached hydrogens (tertiary/aromatic N) is 4. The summed E-state index contributed by atoms with van der Waals surface area (Å²) in [5, 5.41) is 7.12. The van der Waals surface area contributed by atoms with Crippen LogP contribution in [0.5, 0.6) is 0 Å². The van der Waals surface area contributed by atoms with E-state index in [1.807, 2.05) is 36.9 Å². The second-order valence-corrected chi connectivity index (χ2v) is 8.01. The Kier molecular flexibility index (Phi) is 6.77. The number of nitrogens with one attached hydrogen (secondary N) is 1. The van der Waals surface area contributed by atoms with E-state index in [0.717, 1.165) is 0 Å². The number of rotatable bonds is 5. The summed E-state index contributed by atoms with van der Waals surface area (Å²) >= 11 is 6.39. The van der Waals surface area contributed by atoms with E-state index in [9.17, 15) is 14.4 Å². The van der Waals surface area contributed by atoms with Crippen LogP contribution in [-0.4, -0.2) is 58.7 Å². The lowest BCUT2D eigenvalue weighted by molar-refractivity contribution is -0.137. The monoisotopic (exact) mass is 431 g/mol. The first-order valence-electron chi connectivity index (χ1n) is 9.93. The number of hydrogen-bond acceptors (Lipinski definition) is 5. The van der Waals surface area contributed by atoms with Crippen molar-refractivity contribution in [3.8, 4) is 5.69 Å². The van der Waals surface area contributed by atoms with Crippen LogP contribution in [0.15, 0.2) is 41.3 Å². The van der Waals surface area contributed by atoms with E-state index in [0.29, 0.717) is 37.6 Å². The highest BCUT2D eigenvalue weighted by atomic mass is 35.5. The van der Waals surface area contributed by atoms with Crippen molar-refractivity contribution in [1.29, 1.82) is 0 Å². The van der Waals surface area contributed by atoms with Crippen LogP contribution in [-0.2, 0) is 9.59 Å². The summed E-state index contributed by atoms with van der Waals surface area (Å²) in [6, 6.07) is 8.54. The van der Waals surface area contributed by atoms with Gasteiger partial charge in [-0.15, -0.1) is 0 Å². The highest BCUT2D eigenvalue weighted by Crippen LogP contribution is 2.23. The maximum atomic E-state index is 12.8. The fourth-order valence-corrected chi connectivity index (χ4v) is 3.74. The first kappa shape index (κ1) is 21.8. The number of halogens is 1. The summed E-state index contributed by atoms with van der Waals surface area (Å²) in [5.74, 6) is -0.329. The second-order valence-electron chi connectivity index (χ2n) is 7.63. The lowest BCUT2D eigenvalue weighted by atomic mass is 10.0. The van der Waals surface area contributed by atoms with Gasteiger partial charge in [-0.1, -0.05) is 43.6 Å². The van der Waals surface area contributed by atoms with Gasteiger partial charge in [0, 0.05) is 33.1 Å². The van der Waals surface area contributed by atoms with Crippen LogP contribution in [0.2, 0.25) is 5.02 Å². The van der Waals surface area contributed by atoms with Crippen molar-refractivity contribution in [3.63, 3.8) is 0 Å². The van der Waals surface area contributed by atoms with E-state index < -0.39 is 6.04 Å². The molecule has 0 bridgehead atoms. The second kappa shape index (κ2) is 9.30. The molecule has 2 amide bonds. The topological polar surface area (TPSA) is 87.5 Å². The molecule has 2 heterocycles. The van der Waals surface area contributed by atoms with Gasteiger partial charge in [0.15, 0.2) is 0 Å². The quantitative estimate of drug-likeness (QED) is 0.778. The lowest BCUT2D eigenvalue weighted by Gasteiger charge is -2.38. The molecule has 8 nitrogen and oxygen atoms in total. The number of carbonyl (C=O) groups excluding carboxylic acids is 2. The van der Waals surface area contributed by atoms with Crippen LogP contribution < -0.4 is 15.8 Å². The van der Waals surface area contributed by atoms with Crippen LogP contribution in [0, 0.1) is 5.92 Å². The van der Waals surface area contributed by atoms with Crippen LogP contribution >= 0.6 is 11.6 Å². The predicted molar refractivity (Wildman–Crippen MR) is 116 cm³/mol. The van der Waals surface area contributed by atoms with Gasteiger partial charge in [0.25, 0.3) is 5.56 Å². The minimum atomic E-state index is -0.547. The molecule has 1 aromatic carbocycles. The molecular weight excluding hydrogens is 406 g/mol. The van der Waals surface area contributed by atoms with Crippen molar-refractivity contribution in [2.24, 2.45) is 5.92 Å². The van der Waals surface area contributed by atoms with Crippen molar-refractivity contribution in [2.75, 3.05) is 31.1 Å². The minimum Gasteiger partial charge on any atom is -0.365 e. The number of benzene rings is 1. The molecule has 1 aliphatic heterocycles. The van der Waals surface area contributed by atoms with E-state index >= 15 is 0 Å². The third kappa shape index (κ3) is 4.64. The average molecular weight is 432 g/mol. The molecule has 160 valence electrons. The number of amides is 2. The Morgan fingerprint density at radius 2 is 1.73 bits per heavy atom. The van der Waals surface area contributed by atoms with Crippen molar-refractivity contribution in [2.45, 2.75) is 26.8 Å². The molecule has 0 spiro atoms. The lowest BCUT2D eigenvalue weighted by Crippen LogP contribution is -2.56. The van der Waals surface area contributed by atoms with Crippen molar-refractivity contribution < 1.29 is 9.59 Å². The fourth-order valence-electron chi connectivity index (χ4n) is 3.49. The zero-order valence-corrected chi connectivity index (χ0v) is 18.1. The molecule has 0 radical (unpaired) electrons. The predicted octanol–water partition coefficient (Wildman–Crippen LogP) is 1.70. The first-order valence-corrected chi connectivity index (χ1v) is 10.3. The van der Waals surface area contributed by atoms with Gasteiger partial charge >= 0.3 is 0 Å². The Hall–Kier alpha value is -2.87. The zero-order valence-electron chi connectivity index (χ0n) is 17.3. The van der Waals surface area contributed by atoms with Crippen LogP contribution in [0.25, 0.3) is 5.69 Å². The molecule has 1 N–H and O–H groups in total. The standard InChI is InChI=1S/C21H26ClN5O3/c1-14(2)19(24-15(3)28)21(30)26-11-9-25(10-12-26)17-13-23-27(20(29)18(17)22)16-7-5-4-6-8-16/h4-8,13-14,19H,9-12H2,1-3H3,(H,24,28). The van der Waals surface area contributed by atoms with Gasteiger partial charge in [0.2, 0.25) is 11.8 Å². The minimum absolute atomic E-state index is 0.0105. The van der Waals surface area contributed by atoms with E-state index in [-0.39, 0.29) is 28.3 Å². The van der Waals surface area contributed by atoms with Crippen molar-refractivity contribution >= 4 is 29.1 Å². The number of piperazine rings is 1. The molecular formula is C21H26ClN5O3. The van der Waals surface area contributed by atoms with Gasteiger partial charge in [-0.2, -0.15) is 9.78 Å². The molecule has 0 saturated carbocycles. The number of anilines is 1. The van der Waals surface area contributed by atoms with E-state index in [1.165, 1.54) is 11.6 Å². The molecule has 2 aromatic rings. The van der Waals surface area contributed by atoms with Gasteiger partial charge in [-0.25, -0.2) is 0 Å². The Morgan fingerprint density at radius 3 is 2.30 bits per heavy atom. The third-order valence-corrected chi connectivity index (χ3v) is 5.48. The summed E-state index contributed by atoms with van der Waals surface area (Å²) in [4.78, 5) is 40.7. The molecule has 0 aliphatic carbocycles.